The highest BCUT2D eigenvalue weighted by Crippen LogP contribution is 2.23. The van der Waals surface area contributed by atoms with Gasteiger partial charge in [0.15, 0.2) is 5.57 Å². The van der Waals surface area contributed by atoms with E-state index in [1.54, 1.807) is 24.3 Å². The molecule has 0 saturated carbocycles. The molecular formula is C16H17NO6. The van der Waals surface area contributed by atoms with E-state index < -0.39 is 17.7 Å². The Bertz CT molecular complexity index is 623. The van der Waals surface area contributed by atoms with Crippen molar-refractivity contribution < 1.29 is 28.5 Å². The van der Waals surface area contributed by atoms with Gasteiger partial charge in [0.05, 0.1) is 13.2 Å². The second-order valence-corrected chi connectivity index (χ2v) is 5.68. The van der Waals surface area contributed by atoms with E-state index in [0.29, 0.717) is 18.9 Å². The number of anilines is 1. The van der Waals surface area contributed by atoms with Crippen LogP contribution in [-0.4, -0.2) is 37.0 Å². The molecule has 0 aliphatic carbocycles. The van der Waals surface area contributed by atoms with Crippen molar-refractivity contribution in [3.05, 3.63) is 36.0 Å². The highest BCUT2D eigenvalue weighted by molar-refractivity contribution is 6.15. The first-order valence-electron chi connectivity index (χ1n) is 7.21. The Balaban J connectivity index is 1.62. The van der Waals surface area contributed by atoms with E-state index in [1.807, 2.05) is 0 Å². The van der Waals surface area contributed by atoms with Gasteiger partial charge in [-0.3, -0.25) is 0 Å². The number of hydrogen-bond acceptors (Lipinski definition) is 7. The highest BCUT2D eigenvalue weighted by Gasteiger charge is 2.38. The average Bonchev–Trinajstić information content (AvgIpc) is 2.42. The fourth-order valence-electron chi connectivity index (χ4n) is 2.04. The molecule has 2 heterocycles. The van der Waals surface area contributed by atoms with Crippen LogP contribution in [0.5, 0.6) is 5.75 Å². The largest absolute Gasteiger partial charge is 0.486 e. The number of esters is 2. The second kappa shape index (κ2) is 5.92. The molecule has 0 atom stereocenters. The predicted octanol–water partition coefficient (Wildman–Crippen LogP) is 1.60. The van der Waals surface area contributed by atoms with Crippen LogP contribution < -0.4 is 10.1 Å². The SMILES string of the molecule is CC1(C)OC(=O)C(=CNc2ccc(OC3COC3)cc2)C(=O)O1. The molecule has 23 heavy (non-hydrogen) atoms. The Labute approximate surface area is 133 Å². The number of nitrogens with one attached hydrogen (secondary N) is 1. The molecule has 0 spiro atoms. The maximum atomic E-state index is 11.8. The first-order valence-corrected chi connectivity index (χ1v) is 7.21. The molecule has 2 fully saturated rings. The number of cyclic esters (lactones) is 2. The Hall–Kier alpha value is -2.54. The summed E-state index contributed by atoms with van der Waals surface area (Å²) in [6.07, 6.45) is 1.38. The van der Waals surface area contributed by atoms with Crippen LogP contribution in [0.1, 0.15) is 13.8 Å². The van der Waals surface area contributed by atoms with Crippen molar-refractivity contribution in [2.45, 2.75) is 25.7 Å². The summed E-state index contributed by atoms with van der Waals surface area (Å²) in [6, 6.07) is 7.13. The van der Waals surface area contributed by atoms with Crippen LogP contribution in [-0.2, 0) is 23.8 Å². The smallest absolute Gasteiger partial charge is 0.350 e. The van der Waals surface area contributed by atoms with Crippen LogP contribution >= 0.6 is 0 Å². The van der Waals surface area contributed by atoms with Crippen molar-refractivity contribution in [1.82, 2.24) is 0 Å². The van der Waals surface area contributed by atoms with Gasteiger partial charge in [0, 0.05) is 25.7 Å². The number of benzene rings is 1. The fourth-order valence-corrected chi connectivity index (χ4v) is 2.04. The lowest BCUT2D eigenvalue weighted by molar-refractivity contribution is -0.222. The molecule has 2 aliphatic heterocycles. The van der Waals surface area contributed by atoms with E-state index in [2.05, 4.69) is 5.32 Å². The van der Waals surface area contributed by atoms with Gasteiger partial charge in [-0.25, -0.2) is 9.59 Å². The molecule has 3 rings (SSSR count). The van der Waals surface area contributed by atoms with Crippen LogP contribution in [0.2, 0.25) is 0 Å². The second-order valence-electron chi connectivity index (χ2n) is 5.68. The molecule has 0 radical (unpaired) electrons. The monoisotopic (exact) mass is 319 g/mol. The van der Waals surface area contributed by atoms with Gasteiger partial charge >= 0.3 is 11.9 Å². The Morgan fingerprint density at radius 2 is 1.74 bits per heavy atom. The Morgan fingerprint density at radius 1 is 1.13 bits per heavy atom. The molecular weight excluding hydrogens is 302 g/mol. The molecule has 1 aromatic rings. The highest BCUT2D eigenvalue weighted by atomic mass is 16.7. The standard InChI is InChI=1S/C16H17NO6/c1-16(2)22-14(18)13(15(19)23-16)7-17-10-3-5-11(6-4-10)21-12-8-20-9-12/h3-7,12,17H,8-9H2,1-2H3. The third-order valence-electron chi connectivity index (χ3n) is 3.26. The zero-order valence-electron chi connectivity index (χ0n) is 12.8. The molecule has 0 amide bonds. The van der Waals surface area contributed by atoms with Gasteiger partial charge in [0.1, 0.15) is 11.9 Å². The zero-order valence-corrected chi connectivity index (χ0v) is 12.8. The molecule has 1 N–H and O–H groups in total. The number of carbonyl (C=O) groups excluding carboxylic acids is 2. The Morgan fingerprint density at radius 3 is 2.26 bits per heavy atom. The van der Waals surface area contributed by atoms with E-state index in [-0.39, 0.29) is 11.7 Å². The summed E-state index contributed by atoms with van der Waals surface area (Å²) in [7, 11) is 0. The quantitative estimate of drug-likeness (QED) is 0.512. The summed E-state index contributed by atoms with van der Waals surface area (Å²) in [5.41, 5.74) is 0.511. The van der Waals surface area contributed by atoms with E-state index in [4.69, 9.17) is 18.9 Å². The number of rotatable bonds is 4. The molecule has 2 saturated heterocycles. The van der Waals surface area contributed by atoms with Crippen LogP contribution in [0, 0.1) is 0 Å². The van der Waals surface area contributed by atoms with E-state index in [9.17, 15) is 9.59 Å². The zero-order chi connectivity index (χ0) is 16.4. The summed E-state index contributed by atoms with van der Waals surface area (Å²) in [6.45, 7) is 4.21. The van der Waals surface area contributed by atoms with Crippen molar-refractivity contribution >= 4 is 17.6 Å². The average molecular weight is 319 g/mol. The van der Waals surface area contributed by atoms with Gasteiger partial charge in [0.2, 0.25) is 0 Å². The minimum absolute atomic E-state index is 0.103. The lowest BCUT2D eigenvalue weighted by Crippen LogP contribution is -2.42. The summed E-state index contributed by atoms with van der Waals surface area (Å²) < 4.78 is 20.7. The summed E-state index contributed by atoms with van der Waals surface area (Å²) in [4.78, 5) is 23.6. The van der Waals surface area contributed by atoms with E-state index in [0.717, 1.165) is 5.75 Å². The molecule has 122 valence electrons. The van der Waals surface area contributed by atoms with Gasteiger partial charge in [-0.15, -0.1) is 0 Å². The minimum Gasteiger partial charge on any atom is -0.486 e. The van der Waals surface area contributed by atoms with Crippen LogP contribution in [0.4, 0.5) is 5.69 Å². The lowest BCUT2D eigenvalue weighted by atomic mass is 10.2. The van der Waals surface area contributed by atoms with E-state index >= 15 is 0 Å². The van der Waals surface area contributed by atoms with Gasteiger partial charge in [0.25, 0.3) is 5.79 Å². The minimum atomic E-state index is -1.24. The number of hydrogen-bond donors (Lipinski definition) is 1. The van der Waals surface area contributed by atoms with Crippen molar-refractivity contribution in [2.24, 2.45) is 0 Å². The van der Waals surface area contributed by atoms with Crippen LogP contribution in [0.3, 0.4) is 0 Å². The van der Waals surface area contributed by atoms with Gasteiger partial charge in [-0.1, -0.05) is 0 Å². The molecule has 2 aliphatic rings. The van der Waals surface area contributed by atoms with E-state index in [1.165, 1.54) is 20.0 Å². The number of carbonyl (C=O) groups is 2. The van der Waals surface area contributed by atoms with Gasteiger partial charge in [-0.05, 0) is 24.3 Å². The number of ether oxygens (including phenoxy) is 4. The van der Waals surface area contributed by atoms with Gasteiger partial charge in [-0.2, -0.15) is 0 Å². The van der Waals surface area contributed by atoms with Crippen molar-refractivity contribution in [1.29, 1.82) is 0 Å². The topological polar surface area (TPSA) is 83.1 Å². The first-order chi connectivity index (χ1) is 10.9. The normalized spacial score (nSPS) is 20.2. The molecule has 0 bridgehead atoms. The van der Waals surface area contributed by atoms with Crippen molar-refractivity contribution in [3.8, 4) is 5.75 Å². The maximum absolute atomic E-state index is 11.8. The molecule has 7 heteroatoms. The summed E-state index contributed by atoms with van der Waals surface area (Å²) in [5.74, 6) is -1.95. The van der Waals surface area contributed by atoms with Crippen LogP contribution in [0.25, 0.3) is 0 Å². The third-order valence-corrected chi connectivity index (χ3v) is 3.26. The summed E-state index contributed by atoms with van der Waals surface area (Å²) in [5, 5.41) is 2.87. The van der Waals surface area contributed by atoms with Crippen molar-refractivity contribution in [2.75, 3.05) is 18.5 Å². The summed E-state index contributed by atoms with van der Waals surface area (Å²) >= 11 is 0. The van der Waals surface area contributed by atoms with Crippen LogP contribution in [0.15, 0.2) is 36.0 Å². The Kier molecular flexibility index (Phi) is 3.96. The predicted molar refractivity (Wildman–Crippen MR) is 79.6 cm³/mol. The first kappa shape index (κ1) is 15.4. The molecule has 0 aromatic heterocycles. The third kappa shape index (κ3) is 3.62. The molecule has 7 nitrogen and oxygen atoms in total. The maximum Gasteiger partial charge on any atom is 0.350 e. The lowest BCUT2D eigenvalue weighted by Gasteiger charge is -2.29. The molecule has 1 aromatic carbocycles. The fraction of sp³-hybridized carbons (Fsp3) is 0.375. The van der Waals surface area contributed by atoms with Crippen molar-refractivity contribution in [3.63, 3.8) is 0 Å². The molecule has 0 unspecified atom stereocenters. The van der Waals surface area contributed by atoms with Gasteiger partial charge < -0.3 is 24.3 Å².